The zero-order valence-corrected chi connectivity index (χ0v) is 20.3. The Kier molecular flexibility index (Phi) is 7.10. The molecule has 0 radical (unpaired) electrons. The van der Waals surface area contributed by atoms with Gasteiger partial charge in [0.25, 0.3) is 0 Å². The third-order valence-electron chi connectivity index (χ3n) is 6.44. The number of morpholine rings is 1. The lowest BCUT2D eigenvalue weighted by molar-refractivity contribution is 0.0365. The molecule has 0 bridgehead atoms. The number of benzene rings is 1. The van der Waals surface area contributed by atoms with Gasteiger partial charge in [0.15, 0.2) is 5.11 Å². The smallest absolute Gasteiger partial charge is 0.170 e. The fourth-order valence-corrected chi connectivity index (χ4v) is 5.27. The van der Waals surface area contributed by atoms with Crippen LogP contribution >= 0.6 is 23.8 Å². The minimum absolute atomic E-state index is 0.0779. The Morgan fingerprint density at radius 1 is 1.12 bits per heavy atom. The molecule has 2 aromatic heterocycles. The first-order chi connectivity index (χ1) is 16.6. The van der Waals surface area contributed by atoms with E-state index in [-0.39, 0.29) is 17.1 Å². The predicted octanol–water partition coefficient (Wildman–Crippen LogP) is 4.36. The second-order valence-electron chi connectivity index (χ2n) is 8.53. The molecule has 2 aliphatic rings. The lowest BCUT2D eigenvalue weighted by Crippen LogP contribution is -2.39. The minimum atomic E-state index is -0.432. The van der Waals surface area contributed by atoms with Crippen LogP contribution in [0, 0.1) is 5.82 Å². The van der Waals surface area contributed by atoms with E-state index >= 15 is 0 Å². The summed E-state index contributed by atoms with van der Waals surface area (Å²) in [5.41, 5.74) is 2.77. The highest BCUT2D eigenvalue weighted by Gasteiger charge is 2.41. The van der Waals surface area contributed by atoms with Crippen molar-refractivity contribution >= 4 is 28.9 Å². The quantitative estimate of drug-likeness (QED) is 0.487. The van der Waals surface area contributed by atoms with Gasteiger partial charge in [0.1, 0.15) is 5.82 Å². The average Bonchev–Trinajstić information content (AvgIpc) is 3.47. The maximum Gasteiger partial charge on any atom is 0.170 e. The third-order valence-corrected chi connectivity index (χ3v) is 7.08. The van der Waals surface area contributed by atoms with Crippen molar-refractivity contribution in [1.82, 2.24) is 24.7 Å². The molecule has 2 fully saturated rings. The van der Waals surface area contributed by atoms with E-state index in [1.807, 2.05) is 30.5 Å². The monoisotopic (exact) mass is 499 g/mol. The lowest BCUT2D eigenvalue weighted by Gasteiger charge is -2.31. The fourth-order valence-electron chi connectivity index (χ4n) is 4.76. The van der Waals surface area contributed by atoms with Crippen molar-refractivity contribution in [2.75, 3.05) is 39.4 Å². The maximum atomic E-state index is 13.8. The summed E-state index contributed by atoms with van der Waals surface area (Å²) < 4.78 is 21.4. The molecule has 2 aliphatic heterocycles. The Bertz CT molecular complexity index is 1140. The van der Waals surface area contributed by atoms with Gasteiger partial charge >= 0.3 is 0 Å². The Hall–Kier alpha value is -2.52. The van der Waals surface area contributed by atoms with E-state index in [4.69, 9.17) is 28.6 Å². The van der Waals surface area contributed by atoms with Crippen molar-refractivity contribution in [3.8, 4) is 5.69 Å². The van der Waals surface area contributed by atoms with Gasteiger partial charge < -0.3 is 19.5 Å². The Balaban J connectivity index is 1.45. The normalized spacial score (nSPS) is 21.1. The SMILES string of the molecule is Fc1ccc(-n2cccc2[C@H]2[C@H](c3ccccn3)NC(=S)N2CCCN2CCOCC2)cc1Cl. The van der Waals surface area contributed by atoms with Gasteiger partial charge in [-0.1, -0.05) is 17.7 Å². The number of nitrogens with zero attached hydrogens (tertiary/aromatic N) is 4. The second-order valence-corrected chi connectivity index (χ2v) is 9.32. The molecule has 0 amide bonds. The second kappa shape index (κ2) is 10.4. The maximum absolute atomic E-state index is 13.8. The molecule has 0 spiro atoms. The predicted molar refractivity (Wildman–Crippen MR) is 135 cm³/mol. The first-order valence-corrected chi connectivity index (χ1v) is 12.3. The number of rotatable bonds is 7. The number of hydrogen-bond acceptors (Lipinski definition) is 4. The molecule has 4 heterocycles. The zero-order chi connectivity index (χ0) is 23.5. The molecule has 0 aliphatic carbocycles. The summed E-state index contributed by atoms with van der Waals surface area (Å²) in [4.78, 5) is 9.31. The zero-order valence-electron chi connectivity index (χ0n) is 18.7. The van der Waals surface area contributed by atoms with Crippen molar-refractivity contribution in [2.45, 2.75) is 18.5 Å². The largest absolute Gasteiger partial charge is 0.379 e. The van der Waals surface area contributed by atoms with E-state index in [1.54, 1.807) is 18.3 Å². The molecule has 34 heavy (non-hydrogen) atoms. The van der Waals surface area contributed by atoms with E-state index in [9.17, 15) is 4.39 Å². The highest BCUT2D eigenvalue weighted by atomic mass is 35.5. The summed E-state index contributed by atoms with van der Waals surface area (Å²) in [7, 11) is 0. The van der Waals surface area contributed by atoms with Gasteiger partial charge in [-0.05, 0) is 61.1 Å². The molecule has 178 valence electrons. The number of pyridine rings is 1. The van der Waals surface area contributed by atoms with Crippen LogP contribution in [-0.4, -0.2) is 63.9 Å². The molecule has 6 nitrogen and oxygen atoms in total. The van der Waals surface area contributed by atoms with E-state index in [1.165, 1.54) is 6.07 Å². The van der Waals surface area contributed by atoms with Crippen LogP contribution in [0.25, 0.3) is 5.69 Å². The first-order valence-electron chi connectivity index (χ1n) is 11.5. The molecular weight excluding hydrogens is 473 g/mol. The molecule has 1 aromatic carbocycles. The Labute approximate surface area is 209 Å². The summed E-state index contributed by atoms with van der Waals surface area (Å²) in [6, 6.07) is 14.6. The number of thiocarbonyl (C=S) groups is 1. The van der Waals surface area contributed by atoms with E-state index in [2.05, 4.69) is 30.7 Å². The molecular formula is C25H27ClFN5OS. The molecule has 3 aromatic rings. The van der Waals surface area contributed by atoms with Crippen LogP contribution < -0.4 is 5.32 Å². The summed E-state index contributed by atoms with van der Waals surface area (Å²) in [6.07, 6.45) is 4.76. The minimum Gasteiger partial charge on any atom is -0.379 e. The van der Waals surface area contributed by atoms with Crippen LogP contribution in [0.1, 0.15) is 29.9 Å². The van der Waals surface area contributed by atoms with Crippen LogP contribution in [0.4, 0.5) is 4.39 Å². The van der Waals surface area contributed by atoms with Crippen molar-refractivity contribution in [3.63, 3.8) is 0 Å². The van der Waals surface area contributed by atoms with E-state index in [0.29, 0.717) is 5.11 Å². The van der Waals surface area contributed by atoms with Gasteiger partial charge in [0, 0.05) is 50.0 Å². The molecule has 5 rings (SSSR count). The summed E-state index contributed by atoms with van der Waals surface area (Å²) in [5.74, 6) is -0.432. The molecule has 0 saturated carbocycles. The fraction of sp³-hybridized carbons (Fsp3) is 0.360. The van der Waals surface area contributed by atoms with Gasteiger partial charge in [-0.25, -0.2) is 4.39 Å². The van der Waals surface area contributed by atoms with Gasteiger partial charge in [0.05, 0.1) is 36.0 Å². The van der Waals surface area contributed by atoms with Crippen LogP contribution in [0.2, 0.25) is 5.02 Å². The number of nitrogens with one attached hydrogen (secondary N) is 1. The number of hydrogen-bond donors (Lipinski definition) is 1. The van der Waals surface area contributed by atoms with E-state index in [0.717, 1.165) is 62.9 Å². The van der Waals surface area contributed by atoms with Crippen LogP contribution in [-0.2, 0) is 4.74 Å². The standard InChI is InChI=1S/C25H27ClFN5OS/c26-19-17-18(7-8-20(19)27)31-11-3-6-22(31)24-23(21-5-1-2-9-28-21)29-25(34)32(24)12-4-10-30-13-15-33-16-14-30/h1-3,5-9,11,17,23-24H,4,10,12-16H2,(H,29,34)/t23-,24-/m0/s1. The molecule has 0 unspecified atom stereocenters. The van der Waals surface area contributed by atoms with Gasteiger partial charge in [-0.15, -0.1) is 0 Å². The van der Waals surface area contributed by atoms with Gasteiger partial charge in [-0.3, -0.25) is 9.88 Å². The number of aromatic nitrogens is 2. The van der Waals surface area contributed by atoms with Gasteiger partial charge in [0.2, 0.25) is 0 Å². The van der Waals surface area contributed by atoms with Crippen molar-refractivity contribution in [3.05, 3.63) is 83.2 Å². The molecule has 9 heteroatoms. The third kappa shape index (κ3) is 4.81. The van der Waals surface area contributed by atoms with Crippen molar-refractivity contribution in [2.24, 2.45) is 0 Å². The van der Waals surface area contributed by atoms with Crippen LogP contribution in [0.5, 0.6) is 0 Å². The first kappa shape index (κ1) is 23.2. The van der Waals surface area contributed by atoms with Crippen molar-refractivity contribution in [1.29, 1.82) is 0 Å². The molecule has 2 saturated heterocycles. The highest BCUT2D eigenvalue weighted by Crippen LogP contribution is 2.39. The highest BCUT2D eigenvalue weighted by molar-refractivity contribution is 7.80. The van der Waals surface area contributed by atoms with Crippen molar-refractivity contribution < 1.29 is 9.13 Å². The summed E-state index contributed by atoms with van der Waals surface area (Å²) in [6.45, 7) is 5.34. The number of ether oxygens (including phenoxy) is 1. The van der Waals surface area contributed by atoms with E-state index < -0.39 is 5.82 Å². The lowest BCUT2D eigenvalue weighted by atomic mass is 10.0. The summed E-state index contributed by atoms with van der Waals surface area (Å²) in [5, 5.41) is 4.32. The number of halogens is 2. The van der Waals surface area contributed by atoms with Crippen LogP contribution in [0.3, 0.4) is 0 Å². The Morgan fingerprint density at radius 2 is 1.97 bits per heavy atom. The average molecular weight is 500 g/mol. The topological polar surface area (TPSA) is 45.6 Å². The van der Waals surface area contributed by atoms with Crippen LogP contribution in [0.15, 0.2) is 60.9 Å². The summed E-state index contributed by atoms with van der Waals surface area (Å²) >= 11 is 11.9. The molecule has 1 N–H and O–H groups in total. The van der Waals surface area contributed by atoms with Gasteiger partial charge in [-0.2, -0.15) is 0 Å². The Morgan fingerprint density at radius 3 is 2.74 bits per heavy atom. The molecule has 2 atom stereocenters.